The van der Waals surface area contributed by atoms with Crippen molar-refractivity contribution in [3.8, 4) is 0 Å². The van der Waals surface area contributed by atoms with Crippen molar-refractivity contribution >= 4 is 7.91 Å². The van der Waals surface area contributed by atoms with E-state index in [1.807, 2.05) is 0 Å². The molecule has 0 aliphatic heterocycles. The fraction of sp³-hybridized carbons (Fsp3) is 0.500. The van der Waals surface area contributed by atoms with Crippen molar-refractivity contribution < 1.29 is 27.9 Å². The average Bonchev–Trinajstić information content (AvgIpc) is 2.01. The SMILES string of the molecule is C=C(C)COOP(=O)(F)OOCC(=C)C. The summed E-state index contributed by atoms with van der Waals surface area (Å²) in [5.74, 6) is 0. The van der Waals surface area contributed by atoms with Gasteiger partial charge < -0.3 is 0 Å². The summed E-state index contributed by atoms with van der Waals surface area (Å²) in [6, 6.07) is 0. The molecule has 0 aromatic heterocycles. The highest BCUT2D eigenvalue weighted by molar-refractivity contribution is 7.47. The van der Waals surface area contributed by atoms with Crippen LogP contribution in [0.15, 0.2) is 24.3 Å². The molecule has 0 saturated heterocycles. The van der Waals surface area contributed by atoms with Crippen LogP contribution in [-0.4, -0.2) is 13.2 Å². The van der Waals surface area contributed by atoms with Crippen LogP contribution in [-0.2, 0) is 23.7 Å². The molecule has 0 aliphatic carbocycles. The topological polar surface area (TPSA) is 54.0 Å². The van der Waals surface area contributed by atoms with Gasteiger partial charge in [0.2, 0.25) is 0 Å². The predicted molar refractivity (Wildman–Crippen MR) is 52.4 cm³/mol. The van der Waals surface area contributed by atoms with E-state index < -0.39 is 7.91 Å². The zero-order valence-electron chi connectivity index (χ0n) is 8.69. The van der Waals surface area contributed by atoms with Crippen LogP contribution >= 0.6 is 7.91 Å². The minimum absolute atomic E-state index is 0.0856. The largest absolute Gasteiger partial charge is 0.568 e. The van der Waals surface area contributed by atoms with Crippen molar-refractivity contribution in [2.24, 2.45) is 0 Å². The first-order valence-corrected chi connectivity index (χ1v) is 5.48. The van der Waals surface area contributed by atoms with Crippen LogP contribution in [0.1, 0.15) is 13.8 Å². The Bertz CT molecular complexity index is 254. The summed E-state index contributed by atoms with van der Waals surface area (Å²) < 4.78 is 31.3. The van der Waals surface area contributed by atoms with Gasteiger partial charge in [0.1, 0.15) is 13.2 Å². The molecule has 0 rings (SSSR count). The molecule has 15 heavy (non-hydrogen) atoms. The molecule has 0 N–H and O–H groups in total. The molecule has 88 valence electrons. The third kappa shape index (κ3) is 9.78. The zero-order valence-corrected chi connectivity index (χ0v) is 9.59. The van der Waals surface area contributed by atoms with Gasteiger partial charge in [0.25, 0.3) is 0 Å². The van der Waals surface area contributed by atoms with Crippen LogP contribution in [0.5, 0.6) is 0 Å². The fourth-order valence-corrected chi connectivity index (χ4v) is 0.774. The molecule has 0 unspecified atom stereocenters. The van der Waals surface area contributed by atoms with Crippen molar-refractivity contribution in [2.45, 2.75) is 13.8 Å². The number of hydrogen-bond donors (Lipinski definition) is 0. The van der Waals surface area contributed by atoms with Gasteiger partial charge in [-0.1, -0.05) is 24.3 Å². The molecule has 0 amide bonds. The Balaban J connectivity index is 3.72. The van der Waals surface area contributed by atoms with Crippen LogP contribution in [0.2, 0.25) is 0 Å². The van der Waals surface area contributed by atoms with Gasteiger partial charge in [-0.05, 0) is 13.8 Å². The highest BCUT2D eigenvalue weighted by Gasteiger charge is 2.27. The zero-order chi connectivity index (χ0) is 11.9. The molecule has 0 aromatic carbocycles. The molecule has 0 bridgehead atoms. The van der Waals surface area contributed by atoms with Crippen LogP contribution in [0.3, 0.4) is 0 Å². The maximum atomic E-state index is 12.8. The Morgan fingerprint density at radius 2 is 1.47 bits per heavy atom. The summed E-state index contributed by atoms with van der Waals surface area (Å²) in [5, 5.41) is 0. The van der Waals surface area contributed by atoms with E-state index in [1.54, 1.807) is 13.8 Å². The summed E-state index contributed by atoms with van der Waals surface area (Å²) in [7, 11) is -4.83. The summed E-state index contributed by atoms with van der Waals surface area (Å²) >= 11 is 0. The smallest absolute Gasteiger partial charge is 0.222 e. The maximum Gasteiger partial charge on any atom is 0.568 e. The van der Waals surface area contributed by atoms with E-state index in [0.29, 0.717) is 11.1 Å². The van der Waals surface area contributed by atoms with E-state index in [4.69, 9.17) is 0 Å². The molecule has 0 radical (unpaired) electrons. The molecule has 5 nitrogen and oxygen atoms in total. The maximum absolute atomic E-state index is 12.8. The summed E-state index contributed by atoms with van der Waals surface area (Å²) in [4.78, 5) is 8.50. The highest BCUT2D eigenvalue weighted by atomic mass is 31.2. The Morgan fingerprint density at radius 3 is 1.73 bits per heavy atom. The second kappa shape index (κ2) is 6.87. The van der Waals surface area contributed by atoms with Crippen LogP contribution in [0.25, 0.3) is 0 Å². The Hall–Kier alpha value is -0.520. The first-order chi connectivity index (χ1) is 6.83. The van der Waals surface area contributed by atoms with Crippen molar-refractivity contribution in [2.75, 3.05) is 13.2 Å². The van der Waals surface area contributed by atoms with Gasteiger partial charge in [-0.15, -0.1) is 13.5 Å². The van der Waals surface area contributed by atoms with Crippen LogP contribution in [0.4, 0.5) is 4.20 Å². The van der Waals surface area contributed by atoms with E-state index >= 15 is 0 Å². The van der Waals surface area contributed by atoms with E-state index in [-0.39, 0.29) is 13.2 Å². The fourth-order valence-electron chi connectivity index (χ4n) is 0.392. The van der Waals surface area contributed by atoms with Crippen molar-refractivity contribution in [1.82, 2.24) is 0 Å². The van der Waals surface area contributed by atoms with Crippen LogP contribution in [0, 0.1) is 0 Å². The minimum atomic E-state index is -4.83. The molecule has 0 heterocycles. The quantitative estimate of drug-likeness (QED) is 0.282. The standard InChI is InChI=1S/C8H14FO5P/c1-7(2)5-11-13-15(9,10)14-12-6-8(3)4/h1,3,5-6H2,2,4H3. The molecule has 7 heteroatoms. The van der Waals surface area contributed by atoms with Gasteiger partial charge in [-0.25, -0.2) is 14.3 Å². The van der Waals surface area contributed by atoms with E-state index in [1.165, 1.54) is 0 Å². The average molecular weight is 240 g/mol. The van der Waals surface area contributed by atoms with Gasteiger partial charge in [-0.2, -0.15) is 0 Å². The molecular weight excluding hydrogens is 226 g/mol. The second-order valence-corrected chi connectivity index (χ2v) is 4.18. The van der Waals surface area contributed by atoms with Crippen molar-refractivity contribution in [1.29, 1.82) is 0 Å². The first kappa shape index (κ1) is 14.5. The predicted octanol–water partition coefficient (Wildman–Crippen LogP) is 3.11. The normalized spacial score (nSPS) is 11.4. The lowest BCUT2D eigenvalue weighted by Crippen LogP contribution is -1.99. The van der Waals surface area contributed by atoms with Gasteiger partial charge in [0.15, 0.2) is 0 Å². The molecule has 0 atom stereocenters. The third-order valence-corrected chi connectivity index (χ3v) is 1.46. The molecule has 0 aromatic rings. The van der Waals surface area contributed by atoms with E-state index in [2.05, 4.69) is 32.3 Å². The van der Waals surface area contributed by atoms with Crippen molar-refractivity contribution in [3.05, 3.63) is 24.3 Å². The molecular formula is C8H14FO5P. The van der Waals surface area contributed by atoms with Gasteiger partial charge in [-0.3, -0.25) is 0 Å². The summed E-state index contributed by atoms with van der Waals surface area (Å²) in [6.45, 7) is 10.0. The Labute approximate surface area is 88.0 Å². The van der Waals surface area contributed by atoms with Gasteiger partial charge in [0, 0.05) is 0 Å². The second-order valence-electron chi connectivity index (χ2n) is 3.02. The molecule has 0 fully saturated rings. The van der Waals surface area contributed by atoms with E-state index in [0.717, 1.165) is 0 Å². The summed E-state index contributed by atoms with van der Waals surface area (Å²) in [5.41, 5.74) is 1.16. The lowest BCUT2D eigenvalue weighted by molar-refractivity contribution is -0.267. The van der Waals surface area contributed by atoms with E-state index in [9.17, 15) is 8.76 Å². The molecule has 0 saturated carbocycles. The minimum Gasteiger partial charge on any atom is -0.222 e. The molecule has 0 spiro atoms. The van der Waals surface area contributed by atoms with Gasteiger partial charge in [0.05, 0.1) is 0 Å². The molecule has 0 aliphatic rings. The monoisotopic (exact) mass is 240 g/mol. The number of hydrogen-bond acceptors (Lipinski definition) is 5. The number of halogens is 1. The van der Waals surface area contributed by atoms with Crippen LogP contribution < -0.4 is 0 Å². The lowest BCUT2D eigenvalue weighted by atomic mass is 10.4. The highest BCUT2D eigenvalue weighted by Crippen LogP contribution is 2.50. The number of rotatable bonds is 8. The van der Waals surface area contributed by atoms with Gasteiger partial charge >= 0.3 is 7.91 Å². The Morgan fingerprint density at radius 1 is 1.13 bits per heavy atom. The Kier molecular flexibility index (Phi) is 6.63. The van der Waals surface area contributed by atoms with Crippen molar-refractivity contribution in [3.63, 3.8) is 0 Å². The first-order valence-electron chi connectivity index (χ1n) is 4.04. The third-order valence-electron chi connectivity index (χ3n) is 0.894. The summed E-state index contributed by atoms with van der Waals surface area (Å²) in [6.07, 6.45) is 0. The lowest BCUT2D eigenvalue weighted by Gasteiger charge is -2.07.